The van der Waals surface area contributed by atoms with E-state index in [0.29, 0.717) is 10.8 Å². The predicted octanol–water partition coefficient (Wildman–Crippen LogP) is 1.25. The van der Waals surface area contributed by atoms with E-state index in [9.17, 15) is 4.79 Å². The molecular formula is C6H7Cl2N3O. The average Bonchev–Trinajstić information content (AvgIpc) is 2.30. The van der Waals surface area contributed by atoms with E-state index in [-0.39, 0.29) is 11.8 Å². The van der Waals surface area contributed by atoms with Gasteiger partial charge in [-0.15, -0.1) is 11.6 Å². The van der Waals surface area contributed by atoms with Crippen LogP contribution in [0.1, 0.15) is 0 Å². The number of carbonyl (C=O) groups excluding carboxylic acids is 1. The summed E-state index contributed by atoms with van der Waals surface area (Å²) in [6.45, 7) is 0. The van der Waals surface area contributed by atoms with Crippen LogP contribution in [0.15, 0.2) is 6.20 Å². The van der Waals surface area contributed by atoms with Crippen molar-refractivity contribution in [3.8, 4) is 0 Å². The molecule has 1 aromatic rings. The Labute approximate surface area is 79.5 Å². The van der Waals surface area contributed by atoms with Gasteiger partial charge in [0, 0.05) is 13.2 Å². The molecule has 1 amide bonds. The monoisotopic (exact) mass is 207 g/mol. The highest BCUT2D eigenvalue weighted by atomic mass is 35.5. The van der Waals surface area contributed by atoms with Crippen LogP contribution in [0.3, 0.4) is 0 Å². The molecule has 12 heavy (non-hydrogen) atoms. The van der Waals surface area contributed by atoms with Crippen LogP contribution in [0.4, 0.5) is 5.82 Å². The highest BCUT2D eigenvalue weighted by Crippen LogP contribution is 2.18. The zero-order valence-corrected chi connectivity index (χ0v) is 7.85. The van der Waals surface area contributed by atoms with Crippen molar-refractivity contribution < 1.29 is 4.79 Å². The molecule has 0 aliphatic heterocycles. The summed E-state index contributed by atoms with van der Waals surface area (Å²) in [7, 11) is 1.71. The number of aryl methyl sites for hydroxylation is 1. The SMILES string of the molecule is Cn1cc(Cl)c(NC(=O)CCl)n1. The Morgan fingerprint density at radius 2 is 2.50 bits per heavy atom. The van der Waals surface area contributed by atoms with E-state index in [1.807, 2.05) is 0 Å². The number of hydrogen-bond acceptors (Lipinski definition) is 2. The van der Waals surface area contributed by atoms with Crippen LogP contribution >= 0.6 is 23.2 Å². The number of alkyl halides is 1. The Hall–Kier alpha value is -0.740. The number of aromatic nitrogens is 2. The number of nitrogens with zero attached hydrogens (tertiary/aromatic N) is 2. The standard InChI is InChI=1S/C6H7Cl2N3O/c1-11-3-4(8)6(10-11)9-5(12)2-7/h3H,2H2,1H3,(H,9,10,12). The molecule has 4 nitrogen and oxygen atoms in total. The lowest BCUT2D eigenvalue weighted by molar-refractivity contribution is -0.113. The van der Waals surface area contributed by atoms with Gasteiger partial charge in [-0.05, 0) is 0 Å². The normalized spacial score (nSPS) is 9.92. The lowest BCUT2D eigenvalue weighted by Crippen LogP contribution is -2.13. The van der Waals surface area contributed by atoms with E-state index in [2.05, 4.69) is 10.4 Å². The minimum atomic E-state index is -0.322. The Balaban J connectivity index is 2.75. The van der Waals surface area contributed by atoms with Crippen LogP contribution < -0.4 is 5.32 Å². The molecule has 1 aromatic heterocycles. The first-order chi connectivity index (χ1) is 5.63. The van der Waals surface area contributed by atoms with Gasteiger partial charge in [0.05, 0.1) is 0 Å². The Bertz CT molecular complexity index is 297. The van der Waals surface area contributed by atoms with E-state index < -0.39 is 0 Å². The van der Waals surface area contributed by atoms with E-state index in [0.717, 1.165) is 0 Å². The maximum absolute atomic E-state index is 10.8. The van der Waals surface area contributed by atoms with Crippen LogP contribution in [0.5, 0.6) is 0 Å². The van der Waals surface area contributed by atoms with Gasteiger partial charge in [0.1, 0.15) is 10.9 Å². The Morgan fingerprint density at radius 1 is 1.83 bits per heavy atom. The second kappa shape index (κ2) is 3.78. The van der Waals surface area contributed by atoms with Crippen molar-refractivity contribution in [2.24, 2.45) is 7.05 Å². The molecule has 1 N–H and O–H groups in total. The third-order valence-corrected chi connectivity index (χ3v) is 1.68. The molecule has 0 fully saturated rings. The van der Waals surface area contributed by atoms with Gasteiger partial charge in [-0.3, -0.25) is 9.48 Å². The summed E-state index contributed by atoms with van der Waals surface area (Å²) in [6.07, 6.45) is 1.59. The molecule has 0 unspecified atom stereocenters. The molecule has 0 radical (unpaired) electrons. The zero-order valence-electron chi connectivity index (χ0n) is 6.34. The van der Waals surface area contributed by atoms with Crippen LogP contribution in [0.2, 0.25) is 5.02 Å². The van der Waals surface area contributed by atoms with Crippen molar-refractivity contribution in [3.63, 3.8) is 0 Å². The molecule has 0 aliphatic carbocycles. The summed E-state index contributed by atoms with van der Waals surface area (Å²) in [5.41, 5.74) is 0. The van der Waals surface area contributed by atoms with E-state index >= 15 is 0 Å². The van der Waals surface area contributed by atoms with Gasteiger partial charge in [-0.25, -0.2) is 0 Å². The minimum Gasteiger partial charge on any atom is -0.307 e. The van der Waals surface area contributed by atoms with Crippen molar-refractivity contribution >= 4 is 34.9 Å². The van der Waals surface area contributed by atoms with Crippen LogP contribution in [-0.2, 0) is 11.8 Å². The van der Waals surface area contributed by atoms with Crippen molar-refractivity contribution in [1.29, 1.82) is 0 Å². The molecule has 66 valence electrons. The van der Waals surface area contributed by atoms with Crippen LogP contribution in [-0.4, -0.2) is 21.6 Å². The molecule has 0 aromatic carbocycles. The average molecular weight is 208 g/mol. The molecule has 1 heterocycles. The highest BCUT2D eigenvalue weighted by molar-refractivity contribution is 6.34. The molecule has 0 saturated carbocycles. The van der Waals surface area contributed by atoms with Gasteiger partial charge < -0.3 is 5.32 Å². The fraction of sp³-hybridized carbons (Fsp3) is 0.333. The lowest BCUT2D eigenvalue weighted by Gasteiger charge is -1.96. The summed E-state index contributed by atoms with van der Waals surface area (Å²) in [5, 5.41) is 6.74. The molecule has 0 spiro atoms. The summed E-state index contributed by atoms with van der Waals surface area (Å²) < 4.78 is 1.51. The van der Waals surface area contributed by atoms with Gasteiger partial charge in [-0.2, -0.15) is 5.10 Å². The molecule has 0 saturated heterocycles. The van der Waals surface area contributed by atoms with E-state index in [4.69, 9.17) is 23.2 Å². The van der Waals surface area contributed by atoms with Crippen molar-refractivity contribution in [1.82, 2.24) is 9.78 Å². The number of halogens is 2. The molecule has 6 heteroatoms. The number of amides is 1. The number of rotatable bonds is 2. The first-order valence-electron chi connectivity index (χ1n) is 3.18. The maximum atomic E-state index is 10.8. The van der Waals surface area contributed by atoms with Crippen molar-refractivity contribution in [3.05, 3.63) is 11.2 Å². The van der Waals surface area contributed by atoms with Crippen LogP contribution in [0.25, 0.3) is 0 Å². The zero-order chi connectivity index (χ0) is 9.14. The first kappa shape index (κ1) is 9.35. The maximum Gasteiger partial charge on any atom is 0.240 e. The fourth-order valence-corrected chi connectivity index (χ4v) is 1.00. The van der Waals surface area contributed by atoms with Gasteiger partial charge in [0.15, 0.2) is 5.82 Å². The summed E-state index contributed by atoms with van der Waals surface area (Å²) in [6, 6.07) is 0. The molecule has 0 bridgehead atoms. The van der Waals surface area contributed by atoms with Crippen molar-refractivity contribution in [2.45, 2.75) is 0 Å². The third-order valence-electron chi connectivity index (χ3n) is 1.16. The smallest absolute Gasteiger partial charge is 0.240 e. The second-order valence-corrected chi connectivity index (χ2v) is 2.86. The molecule has 0 atom stereocenters. The van der Waals surface area contributed by atoms with Gasteiger partial charge in [-0.1, -0.05) is 11.6 Å². The van der Waals surface area contributed by atoms with Gasteiger partial charge in [0.25, 0.3) is 0 Å². The number of carbonyl (C=O) groups is 1. The largest absolute Gasteiger partial charge is 0.307 e. The highest BCUT2D eigenvalue weighted by Gasteiger charge is 2.07. The predicted molar refractivity (Wildman–Crippen MR) is 47.6 cm³/mol. The molecular weight excluding hydrogens is 201 g/mol. The Kier molecular flexibility index (Phi) is 2.94. The summed E-state index contributed by atoms with van der Waals surface area (Å²) in [5.74, 6) is -0.0884. The van der Waals surface area contributed by atoms with E-state index in [1.54, 1.807) is 13.2 Å². The molecule has 1 rings (SSSR count). The fourth-order valence-electron chi connectivity index (χ4n) is 0.710. The number of anilines is 1. The lowest BCUT2D eigenvalue weighted by atomic mass is 10.6. The van der Waals surface area contributed by atoms with E-state index in [1.165, 1.54) is 4.68 Å². The minimum absolute atomic E-state index is 0.104. The summed E-state index contributed by atoms with van der Waals surface area (Å²) >= 11 is 11.0. The van der Waals surface area contributed by atoms with Gasteiger partial charge in [0.2, 0.25) is 5.91 Å². The molecule has 0 aliphatic rings. The Morgan fingerprint density at radius 3 is 2.92 bits per heavy atom. The number of nitrogens with one attached hydrogen (secondary N) is 1. The number of hydrogen-bond donors (Lipinski definition) is 1. The first-order valence-corrected chi connectivity index (χ1v) is 4.09. The van der Waals surface area contributed by atoms with Crippen molar-refractivity contribution in [2.75, 3.05) is 11.2 Å². The third kappa shape index (κ3) is 2.12. The summed E-state index contributed by atoms with van der Waals surface area (Å²) in [4.78, 5) is 10.8. The topological polar surface area (TPSA) is 46.9 Å². The second-order valence-electron chi connectivity index (χ2n) is 2.18. The van der Waals surface area contributed by atoms with Crippen LogP contribution in [0, 0.1) is 0 Å². The van der Waals surface area contributed by atoms with Gasteiger partial charge >= 0.3 is 0 Å². The quantitative estimate of drug-likeness (QED) is 0.743.